The zero-order chi connectivity index (χ0) is 33.6. The van der Waals surface area contributed by atoms with Crippen molar-refractivity contribution in [3.05, 3.63) is 46.5 Å². The Morgan fingerprint density at radius 2 is 1.48 bits per heavy atom. The van der Waals surface area contributed by atoms with Crippen molar-refractivity contribution in [1.82, 2.24) is 0 Å². The van der Waals surface area contributed by atoms with Crippen molar-refractivity contribution in [1.29, 1.82) is 0 Å². The Morgan fingerprint density at radius 3 is 2.11 bits per heavy atom. The molecular formula is C27H22O19. The van der Waals surface area contributed by atoms with E-state index in [1.807, 2.05) is 0 Å². The highest BCUT2D eigenvalue weighted by atomic mass is 16.7. The fourth-order valence-corrected chi connectivity index (χ4v) is 5.62. The van der Waals surface area contributed by atoms with E-state index in [0.29, 0.717) is 24.3 Å². The molecular weight excluding hydrogens is 628 g/mol. The van der Waals surface area contributed by atoms with Crippen LogP contribution in [0.1, 0.15) is 32.2 Å². The van der Waals surface area contributed by atoms with Crippen LogP contribution in [0, 0.1) is 0 Å². The zero-order valence-corrected chi connectivity index (χ0v) is 22.6. The second kappa shape index (κ2) is 10.2. The van der Waals surface area contributed by atoms with Crippen LogP contribution in [0.5, 0.6) is 34.5 Å². The minimum atomic E-state index is -3.81. The van der Waals surface area contributed by atoms with E-state index in [2.05, 4.69) is 0 Å². The maximum Gasteiger partial charge on any atom is 0.340 e. The van der Waals surface area contributed by atoms with Crippen LogP contribution in [0.15, 0.2) is 29.8 Å². The van der Waals surface area contributed by atoms with Crippen LogP contribution in [-0.4, -0.2) is 124 Å². The van der Waals surface area contributed by atoms with Gasteiger partial charge in [-0.15, -0.1) is 0 Å². The van der Waals surface area contributed by atoms with Gasteiger partial charge in [-0.1, -0.05) is 0 Å². The molecule has 0 aromatic heterocycles. The fraction of sp³-hybridized carbons (Fsp3) is 0.333. The van der Waals surface area contributed by atoms with Gasteiger partial charge in [0.15, 0.2) is 41.0 Å². The molecule has 0 radical (unpaired) electrons. The molecule has 0 saturated carbocycles. The molecule has 46 heavy (non-hydrogen) atoms. The second-order valence-corrected chi connectivity index (χ2v) is 10.6. The van der Waals surface area contributed by atoms with E-state index in [1.165, 1.54) is 0 Å². The Balaban J connectivity index is 1.48. The van der Waals surface area contributed by atoms with E-state index in [4.69, 9.17) is 23.7 Å². The number of carbonyl (C=O) groups is 4. The third-order valence-electron chi connectivity index (χ3n) is 7.92. The quantitative estimate of drug-likeness (QED) is 0.0683. The molecule has 0 spiro atoms. The van der Waals surface area contributed by atoms with Gasteiger partial charge in [0.05, 0.1) is 29.2 Å². The third-order valence-corrected chi connectivity index (χ3v) is 7.92. The maximum atomic E-state index is 13.6. The van der Waals surface area contributed by atoms with E-state index in [-0.39, 0.29) is 0 Å². The van der Waals surface area contributed by atoms with Gasteiger partial charge in [0.2, 0.25) is 17.8 Å². The van der Waals surface area contributed by atoms with E-state index in [1.54, 1.807) is 0 Å². The molecule has 0 amide bonds. The molecule has 2 aromatic rings. The third kappa shape index (κ3) is 4.21. The Hall–Kier alpha value is -5.18. The molecule has 2 bridgehead atoms. The largest absolute Gasteiger partial charge is 0.504 e. The first-order valence-electron chi connectivity index (χ1n) is 13.0. The molecule has 10 N–H and O–H groups in total. The highest BCUT2D eigenvalue weighted by Crippen LogP contribution is 2.59. The van der Waals surface area contributed by atoms with Gasteiger partial charge in [0.25, 0.3) is 11.6 Å². The molecule has 1 saturated heterocycles. The van der Waals surface area contributed by atoms with Crippen LogP contribution in [-0.2, 0) is 28.5 Å². The number of ketones is 1. The summed E-state index contributed by atoms with van der Waals surface area (Å²) in [6.45, 7) is -1.05. The van der Waals surface area contributed by atoms with E-state index < -0.39 is 135 Å². The SMILES string of the molecule is O=C1O[C@H]2[C@H](O)[C@@H](OC(=O)c3cc(O)c(O)c4c3[C@@H]3C1=CC(=O)C(O)(O)[C@]3(O)O4)[C@H](OC(=O)c1cc(O)c(O)c(O)c1)O[C@@H]2CO. The first kappa shape index (κ1) is 30.8. The summed E-state index contributed by atoms with van der Waals surface area (Å²) >= 11 is 0. The molecule has 3 heterocycles. The standard InChI is InChI=1S/C27H22O19/c28-5-12-19-18(35)21(25(42-12)45-22(36)6-1-9(29)16(33)10(30)2-6)44-23(37)7-3-11(31)17(34)20-14(7)15-8(24(38)43-19)4-13(32)26(39,40)27(15,41)46-20/h1-4,12,15,18-19,21,25,28-31,33-35,39-41H,5H2/t12-,15+,18+,19-,21-,25+,27-/m1/s1. The predicted molar refractivity (Wildman–Crippen MR) is 136 cm³/mol. The number of aromatic hydroxyl groups is 5. The van der Waals surface area contributed by atoms with Crippen LogP contribution >= 0.6 is 0 Å². The highest BCUT2D eigenvalue weighted by Gasteiger charge is 2.70. The van der Waals surface area contributed by atoms with Crippen molar-refractivity contribution >= 4 is 23.7 Å². The Morgan fingerprint density at radius 1 is 0.870 bits per heavy atom. The number of hydrogen-bond donors (Lipinski definition) is 10. The lowest BCUT2D eigenvalue weighted by molar-refractivity contribution is -0.323. The molecule has 6 rings (SSSR count). The van der Waals surface area contributed by atoms with Crippen LogP contribution in [0.2, 0.25) is 0 Å². The Labute approximate surface area is 253 Å². The number of aliphatic hydroxyl groups excluding tert-OH is 2. The molecule has 1 fully saturated rings. The minimum absolute atomic E-state index is 0.339. The predicted octanol–water partition coefficient (Wildman–Crippen LogP) is -3.04. The molecule has 0 unspecified atom stereocenters. The van der Waals surface area contributed by atoms with Gasteiger partial charge in [-0.3, -0.25) is 4.79 Å². The van der Waals surface area contributed by atoms with Gasteiger partial charge in [-0.2, -0.15) is 0 Å². The topological polar surface area (TPSA) is 317 Å². The maximum absolute atomic E-state index is 13.6. The van der Waals surface area contributed by atoms with Crippen LogP contribution < -0.4 is 4.74 Å². The monoisotopic (exact) mass is 650 g/mol. The van der Waals surface area contributed by atoms with Crippen molar-refractivity contribution in [3.63, 3.8) is 0 Å². The first-order valence-corrected chi connectivity index (χ1v) is 13.0. The molecule has 19 heteroatoms. The van der Waals surface area contributed by atoms with Gasteiger partial charge in [-0.25, -0.2) is 14.4 Å². The molecule has 19 nitrogen and oxygen atoms in total. The van der Waals surface area contributed by atoms with Gasteiger partial charge < -0.3 is 74.7 Å². The number of esters is 3. The molecule has 7 atom stereocenters. The summed E-state index contributed by atoms with van der Waals surface area (Å²) in [4.78, 5) is 52.8. The Bertz CT molecular complexity index is 1720. The second-order valence-electron chi connectivity index (χ2n) is 10.6. The number of rotatable bonds is 3. The number of fused-ring (bicyclic) bond motifs is 2. The molecule has 4 aliphatic rings. The summed E-state index contributed by atoms with van der Waals surface area (Å²) in [6, 6.07) is 1.92. The van der Waals surface area contributed by atoms with Crippen molar-refractivity contribution in [3.8, 4) is 34.5 Å². The summed E-state index contributed by atoms with van der Waals surface area (Å²) < 4.78 is 26.4. The Kier molecular flexibility index (Phi) is 6.82. The van der Waals surface area contributed by atoms with E-state index in [0.717, 1.165) is 0 Å². The number of hydrogen-bond acceptors (Lipinski definition) is 19. The van der Waals surface area contributed by atoms with Crippen molar-refractivity contribution < 1.29 is 93.9 Å². The summed E-state index contributed by atoms with van der Waals surface area (Å²) in [5, 5.41) is 104. The molecule has 2 aromatic carbocycles. The number of ether oxygens (including phenoxy) is 5. The van der Waals surface area contributed by atoms with Crippen LogP contribution in [0.4, 0.5) is 0 Å². The highest BCUT2D eigenvalue weighted by molar-refractivity contribution is 6.08. The van der Waals surface area contributed by atoms with Gasteiger partial charge >= 0.3 is 17.9 Å². The molecule has 3 aliphatic heterocycles. The number of phenols is 5. The summed E-state index contributed by atoms with van der Waals surface area (Å²) in [7, 11) is 0. The van der Waals surface area contributed by atoms with E-state index >= 15 is 0 Å². The van der Waals surface area contributed by atoms with Gasteiger partial charge in [0, 0.05) is 5.56 Å². The smallest absolute Gasteiger partial charge is 0.340 e. The van der Waals surface area contributed by atoms with Crippen molar-refractivity contribution in [2.75, 3.05) is 6.61 Å². The fourth-order valence-electron chi connectivity index (χ4n) is 5.62. The van der Waals surface area contributed by atoms with Crippen LogP contribution in [0.25, 0.3) is 0 Å². The minimum Gasteiger partial charge on any atom is -0.504 e. The average Bonchev–Trinajstić information content (AvgIpc) is 3.32. The lowest BCUT2D eigenvalue weighted by atomic mass is 9.74. The first-order chi connectivity index (χ1) is 21.5. The lowest BCUT2D eigenvalue weighted by Crippen LogP contribution is -2.66. The molecule has 244 valence electrons. The number of phenolic OH excluding ortho intramolecular Hbond substituents is 5. The lowest BCUT2D eigenvalue weighted by Gasteiger charge is -2.43. The van der Waals surface area contributed by atoms with E-state index in [9.17, 15) is 70.2 Å². The number of benzene rings is 2. The summed E-state index contributed by atoms with van der Waals surface area (Å²) in [5.41, 5.74) is -3.02. The normalized spacial score (nSPS) is 31.0. The van der Waals surface area contributed by atoms with Crippen molar-refractivity contribution in [2.24, 2.45) is 0 Å². The number of carbonyl (C=O) groups excluding carboxylic acids is 4. The molecule has 1 aliphatic carbocycles. The average molecular weight is 650 g/mol. The summed E-state index contributed by atoms with van der Waals surface area (Å²) in [6.07, 6.45) is -9.88. The number of aliphatic hydroxyl groups is 5. The van der Waals surface area contributed by atoms with Gasteiger partial charge in [-0.05, 0) is 24.3 Å². The zero-order valence-electron chi connectivity index (χ0n) is 22.6. The van der Waals surface area contributed by atoms with Gasteiger partial charge in [0.1, 0.15) is 12.2 Å². The van der Waals surface area contributed by atoms with Crippen LogP contribution in [0.3, 0.4) is 0 Å². The summed E-state index contributed by atoms with van der Waals surface area (Å²) in [5.74, 6) is -21.9. The van der Waals surface area contributed by atoms with Crippen molar-refractivity contribution in [2.45, 2.75) is 48.2 Å².